The van der Waals surface area contributed by atoms with Gasteiger partial charge in [0, 0.05) is 27.9 Å². The van der Waals surface area contributed by atoms with Crippen LogP contribution >= 0.6 is 11.3 Å². The molecule has 0 amide bonds. The largest absolute Gasteiger partial charge is 0.551 e. The van der Waals surface area contributed by atoms with Crippen molar-refractivity contribution in [2.75, 3.05) is 4.90 Å². The standard InChI is InChI=1S/C48H30BNOS/c1-4-12-31(13-5-1)35-21-23-44-41(29-35)42-30-36-24-25-52-48(36)47-46(42)49(51-44)45-40-19-11-10-18-34(40)20-22-43(45)50(47)39-27-37(32-14-6-2-7-15-32)26-38(28-39)33-16-8-3-9-17-33/h1-30H. The summed E-state index contributed by atoms with van der Waals surface area (Å²) >= 11 is 1.81. The molecule has 242 valence electrons. The van der Waals surface area contributed by atoms with E-state index >= 15 is 0 Å². The van der Waals surface area contributed by atoms with Crippen molar-refractivity contribution in [1.29, 1.82) is 0 Å². The summed E-state index contributed by atoms with van der Waals surface area (Å²) in [5.41, 5.74) is 15.4. The zero-order chi connectivity index (χ0) is 34.2. The molecule has 0 spiro atoms. The van der Waals surface area contributed by atoms with Gasteiger partial charge in [-0.3, -0.25) is 0 Å². The maximum Gasteiger partial charge on any atom is 0.432 e. The molecule has 2 aliphatic heterocycles. The van der Waals surface area contributed by atoms with Gasteiger partial charge in [0.15, 0.2) is 0 Å². The molecule has 3 heterocycles. The second-order valence-electron chi connectivity index (χ2n) is 13.7. The fourth-order valence-electron chi connectivity index (χ4n) is 8.34. The summed E-state index contributed by atoms with van der Waals surface area (Å²) < 4.78 is 8.50. The van der Waals surface area contributed by atoms with E-state index in [9.17, 15) is 0 Å². The number of benzene rings is 8. The van der Waals surface area contributed by atoms with Crippen LogP contribution in [0.25, 0.3) is 65.4 Å². The van der Waals surface area contributed by atoms with Gasteiger partial charge >= 0.3 is 6.92 Å². The molecule has 0 radical (unpaired) electrons. The molecule has 2 nitrogen and oxygen atoms in total. The quantitative estimate of drug-likeness (QED) is 0.172. The van der Waals surface area contributed by atoms with E-state index in [0.717, 1.165) is 22.7 Å². The summed E-state index contributed by atoms with van der Waals surface area (Å²) in [6.45, 7) is -0.269. The minimum atomic E-state index is -0.269. The van der Waals surface area contributed by atoms with Crippen molar-refractivity contribution in [2.45, 2.75) is 0 Å². The number of nitrogens with zero attached hydrogens (tertiary/aromatic N) is 1. The first-order valence-electron chi connectivity index (χ1n) is 17.8. The minimum absolute atomic E-state index is 0.269. The van der Waals surface area contributed by atoms with E-state index in [1.807, 2.05) is 11.3 Å². The van der Waals surface area contributed by atoms with Crippen LogP contribution in [0.2, 0.25) is 0 Å². The van der Waals surface area contributed by atoms with Gasteiger partial charge in [-0.1, -0.05) is 127 Å². The predicted octanol–water partition coefficient (Wildman–Crippen LogP) is 12.0. The van der Waals surface area contributed by atoms with Crippen molar-refractivity contribution < 1.29 is 4.65 Å². The van der Waals surface area contributed by atoms with Crippen molar-refractivity contribution in [2.24, 2.45) is 0 Å². The topological polar surface area (TPSA) is 12.5 Å². The molecule has 0 aliphatic carbocycles. The monoisotopic (exact) mass is 679 g/mol. The van der Waals surface area contributed by atoms with Crippen LogP contribution in [0.15, 0.2) is 181 Å². The van der Waals surface area contributed by atoms with E-state index in [1.165, 1.54) is 76.4 Å². The van der Waals surface area contributed by atoms with Gasteiger partial charge in [0.25, 0.3) is 0 Å². The normalized spacial score (nSPS) is 12.7. The maximum absolute atomic E-state index is 7.24. The highest BCUT2D eigenvalue weighted by Gasteiger charge is 2.44. The first-order valence-corrected chi connectivity index (χ1v) is 18.6. The zero-order valence-corrected chi connectivity index (χ0v) is 29.0. The third-order valence-corrected chi connectivity index (χ3v) is 11.6. The molecule has 9 aromatic rings. The summed E-state index contributed by atoms with van der Waals surface area (Å²) in [4.78, 5) is 2.53. The molecule has 4 heteroatoms. The molecule has 2 aliphatic rings. The fraction of sp³-hybridized carbons (Fsp3) is 0. The van der Waals surface area contributed by atoms with Crippen LogP contribution in [-0.4, -0.2) is 6.92 Å². The summed E-state index contributed by atoms with van der Waals surface area (Å²) in [5.74, 6) is 0.919. The summed E-state index contributed by atoms with van der Waals surface area (Å²) in [6, 6.07) is 63.9. The molecule has 52 heavy (non-hydrogen) atoms. The van der Waals surface area contributed by atoms with Crippen LogP contribution in [0.3, 0.4) is 0 Å². The molecule has 0 unspecified atom stereocenters. The molecule has 0 bridgehead atoms. The second kappa shape index (κ2) is 11.6. The SMILES string of the molecule is c1ccc(-c2cc(-c3ccccc3)cc(N3c4ccc5ccccc5c4B4Oc5ccc(-c6ccccc6)cc5-c5cc6ccsc6c3c54)c2)cc1. The Labute approximate surface area is 306 Å². The summed E-state index contributed by atoms with van der Waals surface area (Å²) in [5, 5.41) is 5.89. The van der Waals surface area contributed by atoms with Crippen LogP contribution in [0.1, 0.15) is 0 Å². The van der Waals surface area contributed by atoms with E-state index in [4.69, 9.17) is 4.65 Å². The predicted molar refractivity (Wildman–Crippen MR) is 221 cm³/mol. The van der Waals surface area contributed by atoms with Crippen molar-refractivity contribution in [3.8, 4) is 50.3 Å². The Bertz CT molecular complexity index is 2770. The smallest absolute Gasteiger partial charge is 0.432 e. The Balaban J connectivity index is 1.25. The molecule has 1 aromatic heterocycles. The summed E-state index contributed by atoms with van der Waals surface area (Å²) in [6.07, 6.45) is 0. The van der Waals surface area contributed by atoms with Gasteiger partial charge in [0.2, 0.25) is 0 Å². The van der Waals surface area contributed by atoms with Gasteiger partial charge in [0.1, 0.15) is 5.75 Å². The molecule has 8 aromatic carbocycles. The van der Waals surface area contributed by atoms with Crippen LogP contribution in [-0.2, 0) is 0 Å². The average molecular weight is 680 g/mol. The van der Waals surface area contributed by atoms with Gasteiger partial charge in [-0.25, -0.2) is 0 Å². The molecular weight excluding hydrogens is 649 g/mol. The lowest BCUT2D eigenvalue weighted by Crippen LogP contribution is -2.56. The molecule has 0 atom stereocenters. The van der Waals surface area contributed by atoms with E-state index in [1.54, 1.807) is 0 Å². The highest BCUT2D eigenvalue weighted by atomic mass is 32.1. The van der Waals surface area contributed by atoms with Crippen LogP contribution in [0, 0.1) is 0 Å². The number of rotatable bonds is 4. The average Bonchev–Trinajstić information content (AvgIpc) is 3.70. The number of anilines is 3. The first-order chi connectivity index (χ1) is 25.8. The number of hydrogen-bond acceptors (Lipinski definition) is 3. The van der Waals surface area contributed by atoms with Crippen molar-refractivity contribution in [3.63, 3.8) is 0 Å². The third kappa shape index (κ3) is 4.51. The lowest BCUT2D eigenvalue weighted by Gasteiger charge is -2.40. The van der Waals surface area contributed by atoms with E-state index in [-0.39, 0.29) is 6.92 Å². The van der Waals surface area contributed by atoms with Crippen molar-refractivity contribution >= 4 is 67.1 Å². The number of hydrogen-bond donors (Lipinski definition) is 0. The van der Waals surface area contributed by atoms with Gasteiger partial charge in [0.05, 0.1) is 10.4 Å². The molecular formula is C48H30BNOS. The van der Waals surface area contributed by atoms with Gasteiger partial charge < -0.3 is 9.55 Å². The third-order valence-electron chi connectivity index (χ3n) is 10.7. The highest BCUT2D eigenvalue weighted by Crippen LogP contribution is 2.49. The Morgan fingerprint density at radius 3 is 1.83 bits per heavy atom. The lowest BCUT2D eigenvalue weighted by atomic mass is 9.48. The lowest BCUT2D eigenvalue weighted by molar-refractivity contribution is 0.590. The first kappa shape index (κ1) is 29.4. The van der Waals surface area contributed by atoms with Gasteiger partial charge in [-0.2, -0.15) is 0 Å². The molecule has 0 saturated heterocycles. The zero-order valence-electron chi connectivity index (χ0n) is 28.2. The Kier molecular flexibility index (Phi) is 6.55. The number of thiophene rings is 1. The summed E-state index contributed by atoms with van der Waals surface area (Å²) in [7, 11) is 0. The van der Waals surface area contributed by atoms with E-state index in [2.05, 4.69) is 186 Å². The minimum Gasteiger partial charge on any atom is -0.551 e. The van der Waals surface area contributed by atoms with E-state index < -0.39 is 0 Å². The van der Waals surface area contributed by atoms with Crippen LogP contribution in [0.4, 0.5) is 17.1 Å². The van der Waals surface area contributed by atoms with Crippen LogP contribution < -0.4 is 20.5 Å². The molecule has 0 saturated carbocycles. The Hall–Kier alpha value is -6.36. The second-order valence-corrected chi connectivity index (χ2v) is 14.6. The number of fused-ring (bicyclic) bond motifs is 8. The van der Waals surface area contributed by atoms with Gasteiger partial charge in [-0.15, -0.1) is 11.3 Å². The maximum atomic E-state index is 7.24. The van der Waals surface area contributed by atoms with Crippen LogP contribution in [0.5, 0.6) is 5.75 Å². The van der Waals surface area contributed by atoms with E-state index in [0.29, 0.717) is 0 Å². The fourth-order valence-corrected chi connectivity index (χ4v) is 9.27. The van der Waals surface area contributed by atoms with Crippen molar-refractivity contribution in [3.05, 3.63) is 181 Å². The molecule has 0 fully saturated rings. The van der Waals surface area contributed by atoms with Gasteiger partial charge in [-0.05, 0) is 109 Å². The molecule has 11 rings (SSSR count). The Morgan fingerprint density at radius 1 is 0.462 bits per heavy atom. The highest BCUT2D eigenvalue weighted by molar-refractivity contribution is 7.18. The van der Waals surface area contributed by atoms with Crippen molar-refractivity contribution in [1.82, 2.24) is 0 Å². The molecule has 0 N–H and O–H groups in total. The Morgan fingerprint density at radius 2 is 1.12 bits per heavy atom.